The molecule has 0 bridgehead atoms. The van der Waals surface area contributed by atoms with Gasteiger partial charge in [-0.15, -0.1) is 11.3 Å². The molecule has 8 atom stereocenters. The van der Waals surface area contributed by atoms with Gasteiger partial charge in [-0.2, -0.15) is 0 Å². The molecule has 2 heterocycles. The van der Waals surface area contributed by atoms with Crippen LogP contribution in [0.1, 0.15) is 114 Å². The van der Waals surface area contributed by atoms with Gasteiger partial charge in [-0.3, -0.25) is 19.2 Å². The number of alkyl carbamates (subject to hydrolysis) is 1. The quantitative estimate of drug-likeness (QED) is 0.0712. The summed E-state index contributed by atoms with van der Waals surface area (Å²) in [5.74, 6) is -3.01. The number of amides is 3. The largest absolute Gasteiger partial charge is 0.465 e. The highest BCUT2D eigenvalue weighted by atomic mass is 32.1. The van der Waals surface area contributed by atoms with Crippen molar-refractivity contribution in [3.63, 3.8) is 0 Å². The van der Waals surface area contributed by atoms with E-state index in [1.807, 2.05) is 85.6 Å². The van der Waals surface area contributed by atoms with Crippen LogP contribution in [0.25, 0.3) is 11.1 Å². The predicted octanol–water partition coefficient (Wildman–Crippen LogP) is 9.24. The summed E-state index contributed by atoms with van der Waals surface area (Å²) in [6.45, 7) is 11.6. The number of carbonyl (C=O) groups is 5. The normalized spacial score (nSPS) is 17.6. The third kappa shape index (κ3) is 13.5. The molecule has 14 heteroatoms. The van der Waals surface area contributed by atoms with Crippen LogP contribution in [0.4, 0.5) is 4.79 Å². The summed E-state index contributed by atoms with van der Waals surface area (Å²) < 4.78 is 23.7. The zero-order chi connectivity index (χ0) is 49.8. The Morgan fingerprint density at radius 3 is 2.13 bits per heavy atom. The number of nitrogens with one attached hydrogen (secondary N) is 1. The minimum absolute atomic E-state index is 0.0329. The van der Waals surface area contributed by atoms with Crippen molar-refractivity contribution in [2.24, 2.45) is 17.8 Å². The smallest absolute Gasteiger partial charge is 0.407 e. The van der Waals surface area contributed by atoms with Crippen molar-refractivity contribution in [1.82, 2.24) is 20.1 Å². The van der Waals surface area contributed by atoms with Crippen LogP contribution in [-0.4, -0.2) is 115 Å². The average molecular weight is 965 g/mol. The fourth-order valence-corrected chi connectivity index (χ4v) is 11.0. The molecule has 1 fully saturated rings. The van der Waals surface area contributed by atoms with Gasteiger partial charge in [-0.1, -0.05) is 106 Å². The van der Waals surface area contributed by atoms with E-state index in [9.17, 15) is 24.0 Å². The summed E-state index contributed by atoms with van der Waals surface area (Å²) >= 11 is 1.55. The number of ketones is 1. The van der Waals surface area contributed by atoms with Crippen LogP contribution in [0.5, 0.6) is 0 Å². The van der Waals surface area contributed by atoms with Gasteiger partial charge >= 0.3 is 12.1 Å². The molecule has 1 aliphatic heterocycles. The van der Waals surface area contributed by atoms with Crippen molar-refractivity contribution in [2.45, 2.75) is 128 Å². The first-order valence-electron chi connectivity index (χ1n) is 24.4. The minimum atomic E-state index is -1.02. The van der Waals surface area contributed by atoms with Gasteiger partial charge in [-0.25, -0.2) is 9.78 Å². The van der Waals surface area contributed by atoms with Gasteiger partial charge in [0.05, 0.1) is 48.1 Å². The van der Waals surface area contributed by atoms with E-state index in [2.05, 4.69) is 34.6 Å². The number of nitrogens with zero attached hydrogens (tertiary/aromatic N) is 3. The Balaban J connectivity index is 1.15. The Morgan fingerprint density at radius 1 is 0.884 bits per heavy atom. The Morgan fingerprint density at radius 2 is 1.54 bits per heavy atom. The van der Waals surface area contributed by atoms with Crippen molar-refractivity contribution >= 4 is 41.0 Å². The van der Waals surface area contributed by atoms with Crippen LogP contribution in [0.15, 0.2) is 90.4 Å². The Hall–Kier alpha value is -5.44. The van der Waals surface area contributed by atoms with Gasteiger partial charge in [0.25, 0.3) is 0 Å². The zero-order valence-electron chi connectivity index (χ0n) is 41.9. The molecule has 1 N–H and O–H groups in total. The number of Topliss-reactive ketones (excluding diaryl/α,β-unsaturated/α-hetero) is 1. The number of benzene rings is 3. The number of ether oxygens (including phenoxy) is 4. The Kier molecular flexibility index (Phi) is 18.7. The maximum atomic E-state index is 14.8. The number of likely N-dealkylation sites (N-methyl/N-ethyl adjacent to an activating group) is 1. The van der Waals surface area contributed by atoms with Crippen LogP contribution in [0, 0.1) is 17.8 Å². The number of hydrogen-bond acceptors (Lipinski definition) is 11. The van der Waals surface area contributed by atoms with Crippen LogP contribution < -0.4 is 5.32 Å². The fraction of sp³-hybridized carbons (Fsp3) is 0.527. The van der Waals surface area contributed by atoms with Gasteiger partial charge in [0.2, 0.25) is 11.8 Å². The highest BCUT2D eigenvalue weighted by Crippen LogP contribution is 2.44. The molecule has 0 spiro atoms. The third-order valence-electron chi connectivity index (χ3n) is 14.0. The molecular weight excluding hydrogens is 893 g/mol. The van der Waals surface area contributed by atoms with Crippen molar-refractivity contribution in [1.29, 1.82) is 0 Å². The molecule has 1 aliphatic carbocycles. The first-order chi connectivity index (χ1) is 33.0. The molecule has 0 unspecified atom stereocenters. The number of esters is 1. The summed E-state index contributed by atoms with van der Waals surface area (Å²) in [4.78, 5) is 78.2. The summed E-state index contributed by atoms with van der Waals surface area (Å²) in [7, 11) is 4.81. The standard InChI is InChI=1S/C55H72N4O9S/c1-10-35(2)50(47(65-8)32-48(61)59-27-18-25-45(59)51(66-9)36(3)46(60)30-38(52-56-26-28-69-52)29-37-19-12-11-13-20-37)58(7)53(63)39(33-57-54(64)68-55(4,5)6)31-49(62)67-34-44-42-23-16-14-21-40(42)41-22-15-17-24-43(41)44/h11-17,19-24,26,28,35-36,38-39,44-45,47,50-51H,10,18,25,27,29-34H2,1-9H3,(H,57,64)/t35-,36-,38+,39-,45-,47+,50-,51+/m0/s1. The lowest BCUT2D eigenvalue weighted by Gasteiger charge is -2.40. The molecule has 2 aliphatic rings. The average Bonchev–Trinajstić information content (AvgIpc) is 4.12. The monoisotopic (exact) mass is 965 g/mol. The van der Waals surface area contributed by atoms with Crippen LogP contribution >= 0.6 is 11.3 Å². The second-order valence-corrected chi connectivity index (χ2v) is 20.6. The van der Waals surface area contributed by atoms with Crippen molar-refractivity contribution in [3.8, 4) is 11.1 Å². The second kappa shape index (κ2) is 24.4. The van der Waals surface area contributed by atoms with E-state index in [0.29, 0.717) is 32.2 Å². The van der Waals surface area contributed by atoms with Crippen molar-refractivity contribution < 1.29 is 42.9 Å². The fourth-order valence-electron chi connectivity index (χ4n) is 10.3. The summed E-state index contributed by atoms with van der Waals surface area (Å²) in [5.41, 5.74) is 4.68. The first kappa shape index (κ1) is 52.9. The zero-order valence-corrected chi connectivity index (χ0v) is 42.7. The van der Waals surface area contributed by atoms with Crippen molar-refractivity contribution in [2.75, 3.05) is 41.0 Å². The highest BCUT2D eigenvalue weighted by Gasteiger charge is 2.43. The molecule has 6 rings (SSSR count). The molecular formula is C55H72N4O9S. The Bertz CT molecular complexity index is 2290. The second-order valence-electron chi connectivity index (χ2n) is 19.7. The summed E-state index contributed by atoms with van der Waals surface area (Å²) in [5, 5.41) is 5.57. The van der Waals surface area contributed by atoms with E-state index in [1.54, 1.807) is 64.5 Å². The lowest BCUT2D eigenvalue weighted by atomic mass is 9.85. The topological polar surface area (TPSA) is 154 Å². The molecule has 13 nitrogen and oxygen atoms in total. The molecule has 0 saturated carbocycles. The number of aromatic nitrogens is 1. The van der Waals surface area contributed by atoms with E-state index in [1.165, 1.54) is 0 Å². The molecule has 4 aromatic rings. The van der Waals surface area contributed by atoms with Gasteiger partial charge in [-0.05, 0) is 73.8 Å². The number of methoxy groups -OCH3 is 2. The molecule has 69 heavy (non-hydrogen) atoms. The van der Waals surface area contributed by atoms with Crippen LogP contribution in [0.3, 0.4) is 0 Å². The number of thiazole rings is 1. The molecule has 0 radical (unpaired) electrons. The van der Waals surface area contributed by atoms with E-state index in [4.69, 9.17) is 18.9 Å². The van der Waals surface area contributed by atoms with E-state index in [-0.39, 0.29) is 61.5 Å². The maximum absolute atomic E-state index is 14.8. The van der Waals surface area contributed by atoms with Crippen molar-refractivity contribution in [3.05, 3.63) is 112 Å². The molecule has 1 aromatic heterocycles. The molecule has 3 amide bonds. The van der Waals surface area contributed by atoms with E-state index < -0.39 is 53.7 Å². The van der Waals surface area contributed by atoms with E-state index >= 15 is 0 Å². The molecule has 3 aromatic carbocycles. The first-order valence-corrected chi connectivity index (χ1v) is 25.3. The van der Waals surface area contributed by atoms with Gasteiger partial charge in [0.1, 0.15) is 18.0 Å². The number of rotatable bonds is 23. The summed E-state index contributed by atoms with van der Waals surface area (Å²) in [6.07, 6.45) is 2.51. The lowest BCUT2D eigenvalue weighted by Crippen LogP contribution is -2.54. The third-order valence-corrected chi connectivity index (χ3v) is 14.9. The van der Waals surface area contributed by atoms with Gasteiger partial charge in [0, 0.05) is 70.1 Å². The Labute approximate surface area is 412 Å². The maximum Gasteiger partial charge on any atom is 0.407 e. The predicted molar refractivity (Wildman–Crippen MR) is 268 cm³/mol. The summed E-state index contributed by atoms with van der Waals surface area (Å²) in [6, 6.07) is 25.3. The highest BCUT2D eigenvalue weighted by molar-refractivity contribution is 7.09. The minimum Gasteiger partial charge on any atom is -0.465 e. The van der Waals surface area contributed by atoms with Gasteiger partial charge < -0.3 is 34.1 Å². The number of fused-ring (bicyclic) bond motifs is 3. The van der Waals surface area contributed by atoms with Gasteiger partial charge in [0.15, 0.2) is 0 Å². The molecule has 1 saturated heterocycles. The SMILES string of the molecule is CC[C@H](C)[C@@H]([C@@H](CC(=O)N1CCC[C@H]1[C@H](OC)[C@@H](C)C(=O)C[C@@H](Cc1ccccc1)c1nccs1)OC)N(C)C(=O)[C@H](CNC(=O)OC(C)(C)C)CC(=O)OCC1c2ccccc2-c2ccccc21. The lowest BCUT2D eigenvalue weighted by molar-refractivity contribution is -0.152. The van der Waals surface area contributed by atoms with E-state index in [0.717, 1.165) is 39.2 Å². The number of carbonyl (C=O) groups excluding carboxylic acids is 5. The number of likely N-dealkylation sites (tertiary alicyclic amines) is 1. The molecule has 372 valence electrons. The van der Waals surface area contributed by atoms with Crippen LogP contribution in [0.2, 0.25) is 0 Å². The number of hydrogen-bond donors (Lipinski definition) is 1. The van der Waals surface area contributed by atoms with Crippen LogP contribution in [-0.2, 0) is 44.5 Å².